The Kier molecular flexibility index (Phi) is 6.41. The van der Waals surface area contributed by atoms with Crippen LogP contribution in [0.3, 0.4) is 0 Å². The SMILES string of the molecule is O=[N+]([O-])c1cc(S(=O)(=O)N2CCOCC2)ccc1OCc1c(Cl)cccc1Cl. The first-order chi connectivity index (χ1) is 13.3. The summed E-state index contributed by atoms with van der Waals surface area (Å²) in [5, 5.41) is 12.2. The topological polar surface area (TPSA) is 99.0 Å². The minimum absolute atomic E-state index is 0.0816. The minimum Gasteiger partial charge on any atom is -0.482 e. The molecule has 1 aliphatic rings. The number of halogens is 2. The molecule has 0 bridgehead atoms. The fourth-order valence-corrected chi connectivity index (χ4v) is 4.61. The standard InChI is InChI=1S/C17H16Cl2N2O6S/c18-14-2-1-3-15(19)13(14)11-27-17-5-4-12(10-16(17)21(22)23)28(24,25)20-6-8-26-9-7-20/h1-5,10H,6-9,11H2. The van der Waals surface area contributed by atoms with Gasteiger partial charge in [-0.05, 0) is 24.3 Å². The first-order valence-corrected chi connectivity index (χ1v) is 10.4. The average molecular weight is 447 g/mol. The summed E-state index contributed by atoms with van der Waals surface area (Å²) in [6.07, 6.45) is 0. The van der Waals surface area contributed by atoms with E-state index in [-0.39, 0.29) is 43.6 Å². The molecule has 1 fully saturated rings. The van der Waals surface area contributed by atoms with Gasteiger partial charge in [-0.1, -0.05) is 29.3 Å². The molecule has 3 rings (SSSR count). The van der Waals surface area contributed by atoms with E-state index in [1.165, 1.54) is 16.4 Å². The molecule has 0 unspecified atom stereocenters. The van der Waals surface area contributed by atoms with Gasteiger partial charge in [-0.15, -0.1) is 0 Å². The van der Waals surface area contributed by atoms with Crippen LogP contribution in [0.15, 0.2) is 41.3 Å². The highest BCUT2D eigenvalue weighted by molar-refractivity contribution is 7.89. The lowest BCUT2D eigenvalue weighted by molar-refractivity contribution is -0.386. The second kappa shape index (κ2) is 8.62. The molecule has 0 aromatic heterocycles. The van der Waals surface area contributed by atoms with Crippen molar-refractivity contribution in [2.75, 3.05) is 26.3 Å². The normalized spacial score (nSPS) is 15.4. The molecule has 0 saturated carbocycles. The largest absolute Gasteiger partial charge is 0.482 e. The summed E-state index contributed by atoms with van der Waals surface area (Å²) in [5.41, 5.74) is 0.0163. The summed E-state index contributed by atoms with van der Waals surface area (Å²) in [6, 6.07) is 8.45. The summed E-state index contributed by atoms with van der Waals surface area (Å²) < 4.78 is 37.3. The molecule has 0 radical (unpaired) electrons. The van der Waals surface area contributed by atoms with E-state index in [1.54, 1.807) is 18.2 Å². The number of hydrogen-bond acceptors (Lipinski definition) is 6. The number of nitro groups is 1. The van der Waals surface area contributed by atoms with Crippen molar-refractivity contribution < 1.29 is 22.8 Å². The van der Waals surface area contributed by atoms with Crippen molar-refractivity contribution in [2.24, 2.45) is 0 Å². The smallest absolute Gasteiger partial charge is 0.312 e. The Morgan fingerprint density at radius 1 is 1.14 bits per heavy atom. The Hall–Kier alpha value is -1.91. The Balaban J connectivity index is 1.88. The zero-order valence-electron chi connectivity index (χ0n) is 14.5. The minimum atomic E-state index is -3.86. The Morgan fingerprint density at radius 2 is 1.79 bits per heavy atom. The number of morpholine rings is 1. The highest BCUT2D eigenvalue weighted by Gasteiger charge is 2.29. The van der Waals surface area contributed by atoms with Crippen LogP contribution in [0.25, 0.3) is 0 Å². The molecule has 2 aromatic rings. The van der Waals surface area contributed by atoms with E-state index in [0.717, 1.165) is 6.07 Å². The molecule has 0 N–H and O–H groups in total. The van der Waals surface area contributed by atoms with Gasteiger partial charge in [-0.2, -0.15) is 4.31 Å². The summed E-state index contributed by atoms with van der Waals surface area (Å²) >= 11 is 12.2. The third-order valence-corrected chi connectivity index (χ3v) is 6.77. The first-order valence-electron chi connectivity index (χ1n) is 8.22. The van der Waals surface area contributed by atoms with Gasteiger partial charge < -0.3 is 9.47 Å². The van der Waals surface area contributed by atoms with Crippen LogP contribution in [0.2, 0.25) is 10.0 Å². The molecular formula is C17H16Cl2N2O6S. The van der Waals surface area contributed by atoms with Crippen LogP contribution in [0, 0.1) is 10.1 Å². The second-order valence-electron chi connectivity index (χ2n) is 5.89. The van der Waals surface area contributed by atoms with Gasteiger partial charge >= 0.3 is 5.69 Å². The zero-order chi connectivity index (χ0) is 20.3. The molecule has 0 aliphatic carbocycles. The maximum atomic E-state index is 12.7. The second-order valence-corrected chi connectivity index (χ2v) is 8.64. The van der Waals surface area contributed by atoms with Gasteiger partial charge in [0.05, 0.1) is 23.0 Å². The Bertz CT molecular complexity index is 973. The van der Waals surface area contributed by atoms with Crippen molar-refractivity contribution in [2.45, 2.75) is 11.5 Å². The molecule has 1 heterocycles. The number of ether oxygens (including phenoxy) is 2. The zero-order valence-corrected chi connectivity index (χ0v) is 16.8. The van der Waals surface area contributed by atoms with E-state index in [4.69, 9.17) is 32.7 Å². The Morgan fingerprint density at radius 3 is 2.39 bits per heavy atom. The van der Waals surface area contributed by atoms with E-state index in [9.17, 15) is 18.5 Å². The molecule has 0 atom stereocenters. The number of sulfonamides is 1. The van der Waals surface area contributed by atoms with Crippen molar-refractivity contribution >= 4 is 38.9 Å². The van der Waals surface area contributed by atoms with E-state index < -0.39 is 20.6 Å². The van der Waals surface area contributed by atoms with Gasteiger partial charge in [0.25, 0.3) is 0 Å². The maximum absolute atomic E-state index is 12.7. The lowest BCUT2D eigenvalue weighted by atomic mass is 10.2. The lowest BCUT2D eigenvalue weighted by Gasteiger charge is -2.26. The number of hydrogen-bond donors (Lipinski definition) is 0. The number of nitro benzene ring substituents is 1. The molecule has 150 valence electrons. The first kappa shape index (κ1) is 20.8. The summed E-state index contributed by atoms with van der Waals surface area (Å²) in [5.74, 6) is -0.0816. The van der Waals surface area contributed by atoms with Crippen LogP contribution < -0.4 is 4.74 Å². The lowest BCUT2D eigenvalue weighted by Crippen LogP contribution is -2.40. The molecule has 1 aliphatic heterocycles. The molecule has 2 aromatic carbocycles. The summed E-state index contributed by atoms with van der Waals surface area (Å²) in [7, 11) is -3.86. The molecule has 28 heavy (non-hydrogen) atoms. The molecule has 0 amide bonds. The van der Waals surface area contributed by atoms with Crippen molar-refractivity contribution in [3.8, 4) is 5.75 Å². The van der Waals surface area contributed by atoms with E-state index in [1.807, 2.05) is 0 Å². The number of benzene rings is 2. The molecule has 11 heteroatoms. The fraction of sp³-hybridized carbons (Fsp3) is 0.294. The monoisotopic (exact) mass is 446 g/mol. The summed E-state index contributed by atoms with van der Waals surface area (Å²) in [4.78, 5) is 10.6. The van der Waals surface area contributed by atoms with Crippen LogP contribution in [0.1, 0.15) is 5.56 Å². The number of nitrogens with zero attached hydrogens (tertiary/aromatic N) is 2. The highest BCUT2D eigenvalue weighted by Crippen LogP contribution is 2.33. The molecule has 0 spiro atoms. The van der Waals surface area contributed by atoms with Crippen LogP contribution in [-0.4, -0.2) is 43.9 Å². The third kappa shape index (κ3) is 4.39. The van der Waals surface area contributed by atoms with Crippen molar-refractivity contribution in [1.29, 1.82) is 0 Å². The van der Waals surface area contributed by atoms with Crippen molar-refractivity contribution in [1.82, 2.24) is 4.31 Å². The van der Waals surface area contributed by atoms with Gasteiger partial charge in [-0.25, -0.2) is 8.42 Å². The third-order valence-electron chi connectivity index (χ3n) is 4.17. The van der Waals surface area contributed by atoms with Crippen LogP contribution in [0.4, 0.5) is 5.69 Å². The average Bonchev–Trinajstić information content (AvgIpc) is 2.68. The van der Waals surface area contributed by atoms with Gasteiger partial charge in [0.2, 0.25) is 10.0 Å². The Labute approximate surface area is 171 Å². The predicted octanol–water partition coefficient (Wildman–Crippen LogP) is 3.50. The van der Waals surface area contributed by atoms with Crippen LogP contribution in [-0.2, 0) is 21.4 Å². The van der Waals surface area contributed by atoms with Crippen molar-refractivity contribution in [3.05, 3.63) is 62.1 Å². The van der Waals surface area contributed by atoms with E-state index >= 15 is 0 Å². The van der Waals surface area contributed by atoms with Gasteiger partial charge in [0, 0.05) is 34.8 Å². The number of rotatable bonds is 6. The van der Waals surface area contributed by atoms with Gasteiger partial charge in [-0.3, -0.25) is 10.1 Å². The van der Waals surface area contributed by atoms with E-state index in [2.05, 4.69) is 0 Å². The van der Waals surface area contributed by atoms with E-state index in [0.29, 0.717) is 15.6 Å². The van der Waals surface area contributed by atoms with Crippen LogP contribution in [0.5, 0.6) is 5.75 Å². The highest BCUT2D eigenvalue weighted by atomic mass is 35.5. The maximum Gasteiger partial charge on any atom is 0.312 e. The van der Waals surface area contributed by atoms with Crippen molar-refractivity contribution in [3.63, 3.8) is 0 Å². The van der Waals surface area contributed by atoms with Crippen LogP contribution >= 0.6 is 23.2 Å². The summed E-state index contributed by atoms with van der Waals surface area (Å²) in [6.45, 7) is 0.843. The quantitative estimate of drug-likeness (QED) is 0.497. The molecular weight excluding hydrogens is 431 g/mol. The fourth-order valence-electron chi connectivity index (χ4n) is 2.68. The van der Waals surface area contributed by atoms with Gasteiger partial charge in [0.1, 0.15) is 6.61 Å². The van der Waals surface area contributed by atoms with Gasteiger partial charge in [0.15, 0.2) is 5.75 Å². The molecule has 1 saturated heterocycles. The predicted molar refractivity (Wildman–Crippen MR) is 103 cm³/mol. The molecule has 8 nitrogen and oxygen atoms in total.